The van der Waals surface area contributed by atoms with Crippen molar-refractivity contribution >= 4 is 34.8 Å². The molecule has 0 bridgehead atoms. The van der Waals surface area contributed by atoms with Crippen LogP contribution in [-0.2, 0) is 9.59 Å². The van der Waals surface area contributed by atoms with Crippen LogP contribution < -0.4 is 11.5 Å². The molecule has 0 aromatic heterocycles. The molecule has 4 rings (SSSR count). The summed E-state index contributed by atoms with van der Waals surface area (Å²) in [5.41, 5.74) is 7.14. The number of aliphatic hydroxyl groups is 4. The number of benzene rings is 1. The number of carbonyl (C=O) groups excluding carboxylic acids is 3. The van der Waals surface area contributed by atoms with Crippen molar-refractivity contribution in [1.82, 2.24) is 0 Å². The van der Waals surface area contributed by atoms with Crippen molar-refractivity contribution in [2.24, 2.45) is 23.5 Å². The van der Waals surface area contributed by atoms with Crippen LogP contribution in [0.5, 0.6) is 5.75 Å². The number of primary amides is 1. The summed E-state index contributed by atoms with van der Waals surface area (Å²) in [7, 11) is 0. The van der Waals surface area contributed by atoms with Crippen LogP contribution in [0.15, 0.2) is 17.4 Å². The zero-order valence-corrected chi connectivity index (χ0v) is 17.0. The lowest BCUT2D eigenvalue weighted by atomic mass is 9.51. The van der Waals surface area contributed by atoms with Gasteiger partial charge in [0.15, 0.2) is 22.9 Å². The second-order valence-corrected chi connectivity index (χ2v) is 8.83. The smallest absolute Gasteiger partial charge is 0.255 e. The lowest BCUT2D eigenvalue weighted by Crippen LogP contribution is -2.69. The van der Waals surface area contributed by atoms with Crippen LogP contribution in [-0.4, -0.2) is 60.8 Å². The molecule has 1 amide bonds. The van der Waals surface area contributed by atoms with Gasteiger partial charge >= 0.3 is 0 Å². The van der Waals surface area contributed by atoms with E-state index in [1.165, 1.54) is 6.07 Å². The van der Waals surface area contributed by atoms with Crippen LogP contribution in [0.25, 0.3) is 0 Å². The highest BCUT2D eigenvalue weighted by Crippen LogP contribution is 2.57. The number of hydrogen-bond donors (Lipinski definition) is 7. The van der Waals surface area contributed by atoms with Crippen LogP contribution in [0.2, 0.25) is 5.02 Å². The Labute approximate surface area is 180 Å². The van der Waals surface area contributed by atoms with E-state index in [-0.39, 0.29) is 16.3 Å². The quantitative estimate of drug-likeness (QED) is 0.166. The summed E-state index contributed by atoms with van der Waals surface area (Å²) < 4.78 is 0. The number of Topliss-reactive ketones (excluding diaryl/α,β-unsaturated/α-hetero) is 2. The van der Waals surface area contributed by atoms with E-state index >= 15 is 0 Å². The Balaban J connectivity index is 1.95. The molecule has 0 saturated heterocycles. The molecule has 11 heteroatoms. The summed E-state index contributed by atoms with van der Waals surface area (Å²) in [5, 5.41) is 54.5. The first-order valence-corrected chi connectivity index (χ1v) is 9.93. The first-order chi connectivity index (χ1) is 14.3. The molecule has 0 heterocycles. The summed E-state index contributed by atoms with van der Waals surface area (Å²) in [4.78, 5) is 37.4. The fourth-order valence-electron chi connectivity index (χ4n) is 5.51. The Morgan fingerprint density at radius 1 is 1.26 bits per heavy atom. The van der Waals surface area contributed by atoms with Crippen LogP contribution >= 0.6 is 11.6 Å². The maximum Gasteiger partial charge on any atom is 0.255 e. The summed E-state index contributed by atoms with van der Waals surface area (Å²) in [6.07, 6.45) is -4.14. The number of rotatable bonds is 1. The number of carbonyl (C=O) groups is 3. The minimum Gasteiger partial charge on any atom is -0.508 e. The number of phenols is 1. The number of hydrogen-bond acceptors (Lipinski definition) is 9. The normalized spacial score (nSPS) is 37.2. The van der Waals surface area contributed by atoms with Crippen LogP contribution in [0.1, 0.15) is 35.2 Å². The van der Waals surface area contributed by atoms with Gasteiger partial charge < -0.3 is 37.0 Å². The molecule has 10 nitrogen and oxygen atoms in total. The van der Waals surface area contributed by atoms with Gasteiger partial charge in [0.05, 0.1) is 28.3 Å². The molecule has 9 N–H and O–H groups in total. The van der Waals surface area contributed by atoms with Crippen molar-refractivity contribution < 1.29 is 39.9 Å². The van der Waals surface area contributed by atoms with E-state index < -0.39 is 82.5 Å². The first-order valence-electron chi connectivity index (χ1n) is 9.55. The molecule has 0 aliphatic heterocycles. The van der Waals surface area contributed by atoms with Crippen LogP contribution in [0, 0.1) is 17.8 Å². The number of nitrogen functional groups attached to an aromatic ring is 1. The van der Waals surface area contributed by atoms with Gasteiger partial charge in [-0.25, -0.2) is 0 Å². The van der Waals surface area contributed by atoms with E-state index in [1.807, 2.05) is 0 Å². The second-order valence-electron chi connectivity index (χ2n) is 8.42. The van der Waals surface area contributed by atoms with Crippen molar-refractivity contribution in [2.75, 3.05) is 5.73 Å². The van der Waals surface area contributed by atoms with Crippen molar-refractivity contribution in [3.63, 3.8) is 0 Å². The fourth-order valence-corrected chi connectivity index (χ4v) is 5.72. The molecule has 3 aliphatic rings. The Bertz CT molecular complexity index is 1090. The summed E-state index contributed by atoms with van der Waals surface area (Å²) in [6.45, 7) is 1.63. The average molecular weight is 453 g/mol. The molecule has 1 aromatic carbocycles. The van der Waals surface area contributed by atoms with Crippen molar-refractivity contribution in [1.29, 1.82) is 0 Å². The molecule has 1 saturated carbocycles. The molecule has 0 spiro atoms. The predicted molar refractivity (Wildman–Crippen MR) is 106 cm³/mol. The number of ketones is 2. The Hall–Kier alpha value is -2.66. The highest BCUT2D eigenvalue weighted by molar-refractivity contribution is 6.34. The predicted octanol–water partition coefficient (Wildman–Crippen LogP) is -0.487. The van der Waals surface area contributed by atoms with E-state index in [0.717, 1.165) is 0 Å². The molecule has 166 valence electrons. The average Bonchev–Trinajstić information content (AvgIpc) is 2.69. The van der Waals surface area contributed by atoms with Gasteiger partial charge in [-0.3, -0.25) is 14.4 Å². The van der Waals surface area contributed by atoms with Gasteiger partial charge in [0.1, 0.15) is 17.4 Å². The zero-order chi connectivity index (χ0) is 23.2. The van der Waals surface area contributed by atoms with Gasteiger partial charge in [-0.2, -0.15) is 0 Å². The zero-order valence-electron chi connectivity index (χ0n) is 16.2. The highest BCUT2D eigenvalue weighted by atomic mass is 35.5. The van der Waals surface area contributed by atoms with E-state index in [4.69, 9.17) is 23.1 Å². The second kappa shape index (κ2) is 6.67. The number of fused-ring (bicyclic) bond motifs is 3. The molecule has 7 atom stereocenters. The maximum atomic E-state index is 13.3. The Morgan fingerprint density at radius 3 is 2.45 bits per heavy atom. The molecule has 0 radical (unpaired) electrons. The van der Waals surface area contributed by atoms with Crippen molar-refractivity contribution in [2.45, 2.75) is 37.1 Å². The third-order valence-corrected chi connectivity index (χ3v) is 7.37. The Morgan fingerprint density at radius 2 is 1.87 bits per heavy atom. The molecular formula is C20H21ClN2O8. The molecule has 1 fully saturated rings. The number of anilines is 1. The molecule has 1 aromatic rings. The van der Waals surface area contributed by atoms with E-state index in [2.05, 4.69) is 0 Å². The summed E-state index contributed by atoms with van der Waals surface area (Å²) >= 11 is 6.05. The van der Waals surface area contributed by atoms with E-state index in [9.17, 15) is 39.9 Å². The first kappa shape index (κ1) is 21.6. The van der Waals surface area contributed by atoms with Crippen molar-refractivity contribution in [3.05, 3.63) is 33.5 Å². The van der Waals surface area contributed by atoms with Gasteiger partial charge in [-0.15, -0.1) is 0 Å². The van der Waals surface area contributed by atoms with Gasteiger partial charge in [-0.05, 0) is 17.5 Å². The van der Waals surface area contributed by atoms with Gasteiger partial charge in [-0.1, -0.05) is 18.5 Å². The van der Waals surface area contributed by atoms with Crippen LogP contribution in [0.3, 0.4) is 0 Å². The van der Waals surface area contributed by atoms with Gasteiger partial charge in [0, 0.05) is 18.3 Å². The third kappa shape index (κ3) is 2.53. The highest BCUT2D eigenvalue weighted by Gasteiger charge is 2.67. The standard InChI is InChI=1S/C20H21ClN2O8/c1-4-5-2-7(21)13(22)16(27)10(5)15(26)12-9(4)14(25)6-3-8(24)11(19(23)30)17(28)20(6,31)18(12)29/h2,4,6,9,12,14,18,25,27-29,31H,3,22H2,1H3,(H2,23,30)/t4-,6?,9?,12?,14+,18?,20?/m0/s1. The van der Waals surface area contributed by atoms with E-state index in [0.29, 0.717) is 5.56 Å². The van der Waals surface area contributed by atoms with Gasteiger partial charge in [0.25, 0.3) is 5.91 Å². The maximum absolute atomic E-state index is 13.3. The number of aliphatic hydroxyl groups excluding tert-OH is 3. The lowest BCUT2D eigenvalue weighted by molar-refractivity contribution is -0.209. The molecule has 3 aliphatic carbocycles. The van der Waals surface area contributed by atoms with Crippen LogP contribution in [0.4, 0.5) is 5.69 Å². The number of aromatic hydroxyl groups is 1. The Kier molecular flexibility index (Phi) is 4.64. The third-order valence-electron chi connectivity index (χ3n) is 7.06. The number of phenolic OH excluding ortho intramolecular Hbond substituents is 1. The van der Waals surface area contributed by atoms with Gasteiger partial charge in [0.2, 0.25) is 0 Å². The summed E-state index contributed by atoms with van der Waals surface area (Å²) in [6, 6.07) is 1.39. The minimum absolute atomic E-state index is 0.00350. The van der Waals surface area contributed by atoms with E-state index in [1.54, 1.807) is 6.92 Å². The molecule has 31 heavy (non-hydrogen) atoms. The fraction of sp³-hybridized carbons (Fsp3) is 0.450. The number of amides is 1. The molecule has 5 unspecified atom stereocenters. The minimum atomic E-state index is -2.68. The largest absolute Gasteiger partial charge is 0.508 e. The number of nitrogens with two attached hydrogens (primary N) is 2. The molecular weight excluding hydrogens is 432 g/mol. The topological polar surface area (TPSA) is 204 Å². The summed E-state index contributed by atoms with van der Waals surface area (Å²) in [5.74, 6) is -9.36. The monoisotopic (exact) mass is 452 g/mol. The van der Waals surface area contributed by atoms with Crippen molar-refractivity contribution in [3.8, 4) is 5.75 Å². The number of halogens is 1. The lowest BCUT2D eigenvalue weighted by Gasteiger charge is -2.56. The SMILES string of the molecule is C[C@H]1c2cc(Cl)c(N)c(O)c2C(=O)C2C1[C@H](O)C1CC(=O)C(C(N)=O)=C(O)C1(O)C2O.